The summed E-state index contributed by atoms with van der Waals surface area (Å²) in [6.07, 6.45) is 3.74. The lowest BCUT2D eigenvalue weighted by atomic mass is 10.1. The van der Waals surface area contributed by atoms with Crippen molar-refractivity contribution >= 4 is 28.4 Å². The Morgan fingerprint density at radius 1 is 1.13 bits per heavy atom. The van der Waals surface area contributed by atoms with Gasteiger partial charge in [0, 0.05) is 53.1 Å². The van der Waals surface area contributed by atoms with Crippen LogP contribution < -0.4 is 5.32 Å². The first-order chi connectivity index (χ1) is 14.5. The molecule has 0 radical (unpaired) electrons. The molecule has 2 aromatic heterocycles. The van der Waals surface area contributed by atoms with Crippen LogP contribution in [0.25, 0.3) is 10.9 Å². The molecular formula is C23H19ClFN3O2. The summed E-state index contributed by atoms with van der Waals surface area (Å²) in [4.78, 5) is 19.8. The predicted octanol–water partition coefficient (Wildman–Crippen LogP) is 4.37. The molecule has 0 aliphatic heterocycles. The number of rotatable bonds is 6. The normalized spacial score (nSPS) is 11.0. The molecule has 0 aliphatic carbocycles. The van der Waals surface area contributed by atoms with Gasteiger partial charge in [-0.1, -0.05) is 35.9 Å². The van der Waals surface area contributed by atoms with Crippen LogP contribution in [-0.4, -0.2) is 21.0 Å². The van der Waals surface area contributed by atoms with Gasteiger partial charge in [-0.3, -0.25) is 9.78 Å². The van der Waals surface area contributed by atoms with Crippen molar-refractivity contribution in [2.75, 3.05) is 0 Å². The summed E-state index contributed by atoms with van der Waals surface area (Å²) in [6.45, 7) is 0.0421. The van der Waals surface area contributed by atoms with Crippen LogP contribution in [0.2, 0.25) is 5.02 Å². The third kappa shape index (κ3) is 4.35. The van der Waals surface area contributed by atoms with Crippen LogP contribution in [0.1, 0.15) is 32.7 Å². The summed E-state index contributed by atoms with van der Waals surface area (Å²) >= 11 is 6.10. The first-order valence-electron chi connectivity index (χ1n) is 9.40. The second kappa shape index (κ2) is 8.65. The maximum atomic E-state index is 14.3. The second-order valence-corrected chi connectivity index (χ2v) is 7.40. The van der Waals surface area contributed by atoms with Gasteiger partial charge in [0.05, 0.1) is 11.6 Å². The first-order valence-corrected chi connectivity index (χ1v) is 9.78. The third-order valence-corrected chi connectivity index (χ3v) is 5.22. The standard InChI is InChI=1S/C23H19ClFN3O2/c24-20-12-27-22-10-21(25)17(9-19(20)22)11-28-23(30)16-5-6-26-18(8-16)7-14-1-3-15(13-29)4-2-14/h1-6,8-10,12,27,29H,7,11,13H2,(H,28,30). The number of hydrogen-bond acceptors (Lipinski definition) is 3. The molecule has 0 unspecified atom stereocenters. The van der Waals surface area contributed by atoms with Crippen LogP contribution in [0.5, 0.6) is 0 Å². The summed E-state index contributed by atoms with van der Waals surface area (Å²) in [7, 11) is 0. The number of fused-ring (bicyclic) bond motifs is 1. The largest absolute Gasteiger partial charge is 0.392 e. The van der Waals surface area contributed by atoms with E-state index in [-0.39, 0.29) is 19.1 Å². The van der Waals surface area contributed by atoms with Crippen LogP contribution in [0, 0.1) is 5.82 Å². The Morgan fingerprint density at radius 3 is 2.67 bits per heavy atom. The van der Waals surface area contributed by atoms with Gasteiger partial charge in [-0.05, 0) is 35.4 Å². The van der Waals surface area contributed by atoms with Gasteiger partial charge in [-0.25, -0.2) is 4.39 Å². The fourth-order valence-electron chi connectivity index (χ4n) is 3.25. The van der Waals surface area contributed by atoms with E-state index in [9.17, 15) is 9.18 Å². The molecule has 0 aliphatic rings. The molecule has 0 saturated carbocycles. The molecule has 7 heteroatoms. The van der Waals surface area contributed by atoms with Crippen molar-refractivity contribution in [2.24, 2.45) is 0 Å². The minimum Gasteiger partial charge on any atom is -0.392 e. The number of halogens is 2. The maximum Gasteiger partial charge on any atom is 0.251 e. The van der Waals surface area contributed by atoms with Crippen LogP contribution >= 0.6 is 11.6 Å². The smallest absolute Gasteiger partial charge is 0.251 e. The van der Waals surface area contributed by atoms with Gasteiger partial charge < -0.3 is 15.4 Å². The number of aromatic nitrogens is 2. The molecular weight excluding hydrogens is 405 g/mol. The minimum atomic E-state index is -0.414. The van der Waals surface area contributed by atoms with Crippen molar-refractivity contribution in [1.82, 2.24) is 15.3 Å². The molecule has 30 heavy (non-hydrogen) atoms. The van der Waals surface area contributed by atoms with Crippen molar-refractivity contribution in [3.05, 3.63) is 99.7 Å². The Morgan fingerprint density at radius 2 is 1.90 bits per heavy atom. The van der Waals surface area contributed by atoms with Crippen molar-refractivity contribution in [3.63, 3.8) is 0 Å². The van der Waals surface area contributed by atoms with E-state index in [1.165, 1.54) is 6.07 Å². The molecule has 4 aromatic rings. The van der Waals surface area contributed by atoms with Crippen LogP contribution in [-0.2, 0) is 19.6 Å². The number of nitrogens with one attached hydrogen (secondary N) is 2. The number of carbonyl (C=O) groups is 1. The zero-order chi connectivity index (χ0) is 21.1. The average Bonchev–Trinajstić information content (AvgIpc) is 3.12. The fraction of sp³-hybridized carbons (Fsp3) is 0.130. The lowest BCUT2D eigenvalue weighted by Gasteiger charge is -2.08. The molecule has 3 N–H and O–H groups in total. The molecule has 0 atom stereocenters. The van der Waals surface area contributed by atoms with E-state index in [1.54, 1.807) is 30.6 Å². The molecule has 0 fully saturated rings. The first kappa shape index (κ1) is 20.1. The summed E-state index contributed by atoms with van der Waals surface area (Å²) in [6, 6.07) is 13.9. The van der Waals surface area contributed by atoms with Gasteiger partial charge >= 0.3 is 0 Å². The number of pyridine rings is 1. The fourth-order valence-corrected chi connectivity index (χ4v) is 3.47. The Balaban J connectivity index is 1.45. The monoisotopic (exact) mass is 423 g/mol. The second-order valence-electron chi connectivity index (χ2n) is 7.00. The number of hydrogen-bond donors (Lipinski definition) is 3. The average molecular weight is 424 g/mol. The van der Waals surface area contributed by atoms with E-state index >= 15 is 0 Å². The molecule has 0 bridgehead atoms. The maximum absolute atomic E-state index is 14.3. The number of nitrogens with zero attached hydrogens (tertiary/aromatic N) is 1. The van der Waals surface area contributed by atoms with Gasteiger partial charge in [-0.2, -0.15) is 0 Å². The Bertz CT molecular complexity index is 1210. The van der Waals surface area contributed by atoms with Crippen molar-refractivity contribution < 1.29 is 14.3 Å². The highest BCUT2D eigenvalue weighted by atomic mass is 35.5. The number of aromatic amines is 1. The summed E-state index contributed by atoms with van der Waals surface area (Å²) in [5, 5.41) is 13.1. The van der Waals surface area contributed by atoms with Crippen molar-refractivity contribution in [1.29, 1.82) is 0 Å². The predicted molar refractivity (Wildman–Crippen MR) is 114 cm³/mol. The number of benzene rings is 2. The van der Waals surface area contributed by atoms with Crippen molar-refractivity contribution in [3.8, 4) is 0 Å². The SMILES string of the molecule is O=C(NCc1cc2c(Cl)c[nH]c2cc1F)c1ccnc(Cc2ccc(CO)cc2)c1. The zero-order valence-electron chi connectivity index (χ0n) is 16.0. The van der Waals surface area contributed by atoms with Gasteiger partial charge in [0.1, 0.15) is 5.82 Å². The molecule has 0 spiro atoms. The Labute approximate surface area is 177 Å². The highest BCUT2D eigenvalue weighted by molar-refractivity contribution is 6.35. The Hall–Kier alpha value is -3.22. The summed E-state index contributed by atoms with van der Waals surface area (Å²) < 4.78 is 14.3. The molecule has 5 nitrogen and oxygen atoms in total. The van der Waals surface area contributed by atoms with E-state index in [2.05, 4.69) is 15.3 Å². The number of aliphatic hydroxyl groups excluding tert-OH is 1. The van der Waals surface area contributed by atoms with Crippen LogP contribution in [0.4, 0.5) is 4.39 Å². The quantitative estimate of drug-likeness (QED) is 0.431. The Kier molecular flexibility index (Phi) is 5.79. The number of carbonyl (C=O) groups excluding carboxylic acids is 1. The molecule has 152 valence electrons. The summed E-state index contributed by atoms with van der Waals surface area (Å²) in [5.74, 6) is -0.725. The molecule has 1 amide bonds. The van der Waals surface area contributed by atoms with Gasteiger partial charge in [0.15, 0.2) is 0 Å². The van der Waals surface area contributed by atoms with Gasteiger partial charge in [-0.15, -0.1) is 0 Å². The molecule has 4 rings (SSSR count). The lowest BCUT2D eigenvalue weighted by Crippen LogP contribution is -2.23. The van der Waals surface area contributed by atoms with Gasteiger partial charge in [0.2, 0.25) is 0 Å². The van der Waals surface area contributed by atoms with E-state index in [1.807, 2.05) is 24.3 Å². The van der Waals surface area contributed by atoms with Crippen molar-refractivity contribution in [2.45, 2.75) is 19.6 Å². The minimum absolute atomic E-state index is 0.00198. The lowest BCUT2D eigenvalue weighted by molar-refractivity contribution is 0.0950. The molecule has 2 heterocycles. The summed E-state index contributed by atoms with van der Waals surface area (Å²) in [5.41, 5.74) is 4.02. The topological polar surface area (TPSA) is 78.0 Å². The highest BCUT2D eigenvalue weighted by Crippen LogP contribution is 2.25. The molecule has 0 saturated heterocycles. The number of amides is 1. The number of H-pyrrole nitrogens is 1. The third-order valence-electron chi connectivity index (χ3n) is 4.91. The van der Waals surface area contributed by atoms with Crippen LogP contribution in [0.3, 0.4) is 0 Å². The highest BCUT2D eigenvalue weighted by Gasteiger charge is 2.12. The van der Waals surface area contributed by atoms with Gasteiger partial charge in [0.25, 0.3) is 5.91 Å². The number of aliphatic hydroxyl groups is 1. The molecule has 2 aromatic carbocycles. The van der Waals surface area contributed by atoms with E-state index in [0.717, 1.165) is 16.8 Å². The van der Waals surface area contributed by atoms with E-state index < -0.39 is 5.82 Å². The zero-order valence-corrected chi connectivity index (χ0v) is 16.7. The van der Waals surface area contributed by atoms with E-state index in [0.29, 0.717) is 33.5 Å². The van der Waals surface area contributed by atoms with Crippen LogP contribution in [0.15, 0.2) is 60.9 Å². The van der Waals surface area contributed by atoms with E-state index in [4.69, 9.17) is 16.7 Å².